The summed E-state index contributed by atoms with van der Waals surface area (Å²) in [5.74, 6) is -4.76. The van der Waals surface area contributed by atoms with E-state index in [1.54, 1.807) is 36.5 Å². The Balaban J connectivity index is 1.60. The van der Waals surface area contributed by atoms with Crippen LogP contribution in [-0.2, 0) is 43.2 Å². The molecule has 0 bridgehead atoms. The van der Waals surface area contributed by atoms with Crippen LogP contribution in [0.4, 0.5) is 0 Å². The Morgan fingerprint density at radius 1 is 0.590 bits per heavy atom. The molecule has 1 heterocycles. The van der Waals surface area contributed by atoms with Gasteiger partial charge in [-0.1, -0.05) is 42.5 Å². The number of aromatic hydroxyl groups is 2. The van der Waals surface area contributed by atoms with Crippen LogP contribution in [0.25, 0.3) is 10.9 Å². The van der Waals surface area contributed by atoms with Gasteiger partial charge in [0, 0.05) is 49.5 Å². The van der Waals surface area contributed by atoms with Gasteiger partial charge < -0.3 is 70.2 Å². The second-order valence-corrected chi connectivity index (χ2v) is 14.4. The average molecular weight is 843 g/mol. The van der Waals surface area contributed by atoms with Crippen molar-refractivity contribution in [3.63, 3.8) is 0 Å². The molecule has 0 saturated heterocycles. The van der Waals surface area contributed by atoms with Crippen LogP contribution in [0.2, 0.25) is 0 Å². The first-order chi connectivity index (χ1) is 29.1. The van der Waals surface area contributed by atoms with Crippen LogP contribution in [0.15, 0.2) is 89.0 Å². The number of fused-ring (bicyclic) bond motifs is 1. The van der Waals surface area contributed by atoms with Crippen molar-refractivity contribution in [2.24, 2.45) is 38.7 Å². The molecule has 0 unspecified atom stereocenters. The number of phenolic OH excluding ortho intramolecular Hbond substituents is 2. The highest BCUT2D eigenvalue weighted by Gasteiger charge is 2.32. The molecule has 5 atom stereocenters. The number of nitrogens with zero attached hydrogens (tertiary/aromatic N) is 2. The van der Waals surface area contributed by atoms with Gasteiger partial charge in [-0.2, -0.15) is 0 Å². The largest absolute Gasteiger partial charge is 0.508 e. The molecule has 1 aromatic heterocycles. The van der Waals surface area contributed by atoms with Crippen molar-refractivity contribution < 1.29 is 39.3 Å². The summed E-state index contributed by atoms with van der Waals surface area (Å²) in [7, 11) is 0. The van der Waals surface area contributed by atoms with Crippen LogP contribution < -0.4 is 49.9 Å². The molecule has 0 saturated carbocycles. The van der Waals surface area contributed by atoms with Gasteiger partial charge in [0.05, 0.1) is 6.04 Å². The molecule has 3 aromatic carbocycles. The third-order valence-electron chi connectivity index (χ3n) is 9.61. The molecule has 0 aliphatic carbocycles. The zero-order valence-corrected chi connectivity index (χ0v) is 33.4. The number of benzene rings is 3. The summed E-state index contributed by atoms with van der Waals surface area (Å²) < 4.78 is 0. The Morgan fingerprint density at radius 2 is 1.05 bits per heavy atom. The second kappa shape index (κ2) is 22.7. The second-order valence-electron chi connectivity index (χ2n) is 14.4. The molecule has 4 rings (SSSR count). The molecule has 20 heteroatoms. The van der Waals surface area contributed by atoms with E-state index in [1.165, 1.54) is 24.3 Å². The van der Waals surface area contributed by atoms with E-state index in [0.717, 1.165) is 10.9 Å². The number of H-pyrrole nitrogens is 1. The number of para-hydroxylation sites is 1. The molecule has 20 nitrogen and oxygen atoms in total. The van der Waals surface area contributed by atoms with E-state index in [2.05, 4.69) is 36.2 Å². The minimum atomic E-state index is -1.39. The lowest BCUT2D eigenvalue weighted by Gasteiger charge is -2.27. The fourth-order valence-electron chi connectivity index (χ4n) is 6.39. The van der Waals surface area contributed by atoms with E-state index >= 15 is 0 Å². The van der Waals surface area contributed by atoms with Crippen LogP contribution in [-0.4, -0.2) is 105 Å². The van der Waals surface area contributed by atoms with Crippen molar-refractivity contribution in [1.82, 2.24) is 26.3 Å². The number of aromatic amines is 1. The van der Waals surface area contributed by atoms with Gasteiger partial charge in [0.15, 0.2) is 11.9 Å². The van der Waals surface area contributed by atoms with Gasteiger partial charge in [-0.25, -0.2) is 4.79 Å². The van der Waals surface area contributed by atoms with E-state index in [-0.39, 0.29) is 75.0 Å². The Kier molecular flexibility index (Phi) is 17.2. The number of carbonyl (C=O) groups is 5. The minimum Gasteiger partial charge on any atom is -0.508 e. The number of amides is 4. The first-order valence-electron chi connectivity index (χ1n) is 19.5. The van der Waals surface area contributed by atoms with Gasteiger partial charge in [-0.3, -0.25) is 29.2 Å². The van der Waals surface area contributed by atoms with Crippen molar-refractivity contribution >= 4 is 52.4 Å². The van der Waals surface area contributed by atoms with Gasteiger partial charge in [0.1, 0.15) is 35.7 Å². The number of phenols is 2. The molecule has 0 fully saturated rings. The standard InChI is InChI=1S/C41H54N12O8/c42-29(6-3-17-47-40(43)44)35(56)51-32(19-23-9-13-26(54)14-10-23)38(59)52-33(20-24-11-15-27(55)16-12-24)37(58)50-31(8-4-18-48-41(45)46)36(57)53-34(39(60)61)21-25-22-49-30-7-2-1-5-28(25)30/h1-2,5,7,9-16,22,29,31-34,49,54-55H,3-4,6,8,17-21,42H2,(H,50,58)(H,51,56)(H,52,59)(H,53,57)(H,60,61)(H4,43,44,47)(H4,45,46,48)/t29-,31-,32-,33-,34-/m0/s1. The highest BCUT2D eigenvalue weighted by Crippen LogP contribution is 2.20. The topological polar surface area (TPSA) is 365 Å². The summed E-state index contributed by atoms with van der Waals surface area (Å²) >= 11 is 0. The maximum absolute atomic E-state index is 14.3. The average Bonchev–Trinajstić information content (AvgIpc) is 3.63. The lowest BCUT2D eigenvalue weighted by molar-refractivity contribution is -0.142. The van der Waals surface area contributed by atoms with E-state index in [9.17, 15) is 39.3 Å². The Morgan fingerprint density at radius 3 is 1.57 bits per heavy atom. The van der Waals surface area contributed by atoms with Crippen molar-refractivity contribution in [3.8, 4) is 11.5 Å². The first-order valence-corrected chi connectivity index (χ1v) is 19.5. The number of guanidine groups is 2. The van der Waals surface area contributed by atoms with Gasteiger partial charge >= 0.3 is 5.97 Å². The molecule has 0 aliphatic rings. The molecule has 0 spiro atoms. The third-order valence-corrected chi connectivity index (χ3v) is 9.61. The van der Waals surface area contributed by atoms with E-state index < -0.39 is 59.8 Å². The highest BCUT2D eigenvalue weighted by molar-refractivity contribution is 5.96. The summed E-state index contributed by atoms with van der Waals surface area (Å²) in [5, 5.41) is 41.3. The summed E-state index contributed by atoms with van der Waals surface area (Å²) in [5.41, 5.74) is 30.4. The third kappa shape index (κ3) is 15.1. The number of aliphatic carboxylic acids is 1. The van der Waals surface area contributed by atoms with E-state index in [1.807, 2.05) is 18.2 Å². The summed E-state index contributed by atoms with van der Waals surface area (Å²) in [6.07, 6.45) is 2.09. The van der Waals surface area contributed by atoms with Crippen molar-refractivity contribution in [2.75, 3.05) is 13.1 Å². The molecule has 0 radical (unpaired) electrons. The molecule has 61 heavy (non-hydrogen) atoms. The Labute approximate surface area is 351 Å². The fraction of sp³-hybridized carbons (Fsp3) is 0.341. The Bertz CT molecular complexity index is 2170. The molecule has 18 N–H and O–H groups in total. The van der Waals surface area contributed by atoms with Crippen LogP contribution in [0, 0.1) is 0 Å². The number of aliphatic imine (C=N–C) groups is 2. The predicted molar refractivity (Wildman–Crippen MR) is 229 cm³/mol. The molecular formula is C41H54N12O8. The zero-order valence-electron chi connectivity index (χ0n) is 33.4. The maximum atomic E-state index is 14.3. The maximum Gasteiger partial charge on any atom is 0.326 e. The molecule has 4 amide bonds. The quantitative estimate of drug-likeness (QED) is 0.0244. The van der Waals surface area contributed by atoms with Crippen molar-refractivity contribution in [3.05, 3.63) is 95.7 Å². The van der Waals surface area contributed by atoms with Gasteiger partial charge in [0.25, 0.3) is 0 Å². The molecular weight excluding hydrogens is 789 g/mol. The SMILES string of the molecule is NC(N)=NCCC[C@H](NC(=O)[C@H](Cc1ccc(O)cc1)NC(=O)[C@H](Cc1ccc(O)cc1)NC(=O)[C@@H](N)CCCN=C(N)N)C(=O)N[C@@H](Cc1c[nH]c2ccccc12)C(=O)O. The lowest BCUT2D eigenvalue weighted by Crippen LogP contribution is -2.59. The van der Waals surface area contributed by atoms with Crippen molar-refractivity contribution in [2.45, 2.75) is 75.2 Å². The van der Waals surface area contributed by atoms with Crippen LogP contribution in [0.5, 0.6) is 11.5 Å². The number of nitrogens with one attached hydrogen (secondary N) is 5. The Hall–Kier alpha value is -7.35. The molecule has 4 aromatic rings. The number of carboxylic acids is 1. The van der Waals surface area contributed by atoms with E-state index in [0.29, 0.717) is 23.1 Å². The number of carboxylic acid groups (broad SMARTS) is 1. The number of hydrogen-bond donors (Lipinski definition) is 13. The number of rotatable bonds is 23. The zero-order chi connectivity index (χ0) is 44.5. The lowest BCUT2D eigenvalue weighted by atomic mass is 10.0. The summed E-state index contributed by atoms with van der Waals surface area (Å²) in [4.78, 5) is 79.0. The highest BCUT2D eigenvalue weighted by atomic mass is 16.4. The number of aromatic nitrogens is 1. The van der Waals surface area contributed by atoms with Gasteiger partial charge in [0.2, 0.25) is 23.6 Å². The predicted octanol–water partition coefficient (Wildman–Crippen LogP) is -0.935. The van der Waals surface area contributed by atoms with E-state index in [4.69, 9.17) is 28.7 Å². The summed E-state index contributed by atoms with van der Waals surface area (Å²) in [6.45, 7) is 0.311. The number of hydrogen-bond acceptors (Lipinski definition) is 10. The smallest absolute Gasteiger partial charge is 0.326 e. The minimum absolute atomic E-state index is 0.0215. The normalized spacial score (nSPS) is 13.4. The van der Waals surface area contributed by atoms with Crippen molar-refractivity contribution in [1.29, 1.82) is 0 Å². The van der Waals surface area contributed by atoms with Gasteiger partial charge in [-0.15, -0.1) is 0 Å². The van der Waals surface area contributed by atoms with Crippen LogP contribution >= 0.6 is 0 Å². The fourth-order valence-corrected chi connectivity index (χ4v) is 6.39. The summed E-state index contributed by atoms with van der Waals surface area (Å²) in [6, 6.07) is 12.7. The van der Waals surface area contributed by atoms with Crippen LogP contribution in [0.1, 0.15) is 42.4 Å². The number of carbonyl (C=O) groups excluding carboxylic acids is 4. The monoisotopic (exact) mass is 842 g/mol. The molecule has 0 aliphatic heterocycles. The van der Waals surface area contributed by atoms with Crippen LogP contribution in [0.3, 0.4) is 0 Å². The van der Waals surface area contributed by atoms with Gasteiger partial charge in [-0.05, 0) is 72.7 Å². The number of nitrogens with two attached hydrogens (primary N) is 5. The molecule has 326 valence electrons. The first kappa shape index (κ1) is 46.3.